The second kappa shape index (κ2) is 3.78. The van der Waals surface area contributed by atoms with Crippen LogP contribution in [0.15, 0.2) is 30.5 Å². The van der Waals surface area contributed by atoms with E-state index in [4.69, 9.17) is 0 Å². The number of hydrogen-bond donors (Lipinski definition) is 1. The van der Waals surface area contributed by atoms with E-state index in [1.54, 1.807) is 0 Å². The largest absolute Gasteiger partial charge is 0.384 e. The van der Waals surface area contributed by atoms with Crippen LogP contribution in [0.1, 0.15) is 18.4 Å². The Balaban J connectivity index is 1.99. The lowest BCUT2D eigenvalue weighted by molar-refractivity contribution is 0.890. The van der Waals surface area contributed by atoms with Gasteiger partial charge in [-0.25, -0.2) is 0 Å². The van der Waals surface area contributed by atoms with E-state index in [0.717, 1.165) is 18.0 Å². The fourth-order valence-corrected chi connectivity index (χ4v) is 2.04. The first kappa shape index (κ1) is 9.64. The molecule has 1 aromatic heterocycles. The quantitative estimate of drug-likeness (QED) is 0.843. The fraction of sp³-hybridized carbons (Fsp3) is 0.357. The highest BCUT2D eigenvalue weighted by atomic mass is 14.9. The minimum Gasteiger partial charge on any atom is -0.384 e. The highest BCUT2D eigenvalue weighted by Crippen LogP contribution is 2.30. The van der Waals surface area contributed by atoms with Gasteiger partial charge in [-0.2, -0.15) is 0 Å². The number of fused-ring (bicyclic) bond motifs is 1. The molecule has 1 fully saturated rings. The van der Waals surface area contributed by atoms with Crippen LogP contribution in [0.5, 0.6) is 0 Å². The van der Waals surface area contributed by atoms with Crippen molar-refractivity contribution in [1.29, 1.82) is 0 Å². The summed E-state index contributed by atoms with van der Waals surface area (Å²) in [5.41, 5.74) is 3.58. The van der Waals surface area contributed by atoms with Crippen molar-refractivity contribution in [2.24, 2.45) is 5.92 Å². The van der Waals surface area contributed by atoms with E-state index in [0.29, 0.717) is 0 Å². The van der Waals surface area contributed by atoms with Gasteiger partial charge in [0.2, 0.25) is 0 Å². The summed E-state index contributed by atoms with van der Waals surface area (Å²) in [5, 5.41) is 4.78. The van der Waals surface area contributed by atoms with Crippen molar-refractivity contribution in [3.63, 3.8) is 0 Å². The first-order valence-electron chi connectivity index (χ1n) is 5.93. The number of aryl methyl sites for hydroxylation is 1. The van der Waals surface area contributed by atoms with Crippen LogP contribution in [0, 0.1) is 12.8 Å². The van der Waals surface area contributed by atoms with Gasteiger partial charge in [-0.05, 0) is 49.4 Å². The molecule has 1 aromatic carbocycles. The summed E-state index contributed by atoms with van der Waals surface area (Å²) < 4.78 is 0. The van der Waals surface area contributed by atoms with E-state index >= 15 is 0 Å². The third-order valence-corrected chi connectivity index (χ3v) is 3.25. The standard InChI is InChI=1S/C14H16N2/c1-10-4-7-13(16-9-11-5-6-11)12-3-2-8-15-14(10)12/h2-4,7-8,11,16H,5-6,9H2,1H3. The number of anilines is 1. The summed E-state index contributed by atoms with van der Waals surface area (Å²) in [4.78, 5) is 4.44. The molecule has 2 aromatic rings. The van der Waals surface area contributed by atoms with Gasteiger partial charge in [0.05, 0.1) is 5.52 Å². The molecule has 1 heterocycles. The summed E-state index contributed by atoms with van der Waals surface area (Å²) in [6.07, 6.45) is 4.63. The van der Waals surface area contributed by atoms with Gasteiger partial charge in [-0.1, -0.05) is 6.07 Å². The molecule has 1 aliphatic rings. The highest BCUT2D eigenvalue weighted by molar-refractivity contribution is 5.93. The Morgan fingerprint density at radius 1 is 1.31 bits per heavy atom. The molecule has 1 N–H and O–H groups in total. The number of pyridine rings is 1. The summed E-state index contributed by atoms with van der Waals surface area (Å²) in [5.74, 6) is 0.896. The van der Waals surface area contributed by atoms with E-state index in [1.807, 2.05) is 12.3 Å². The van der Waals surface area contributed by atoms with Crippen LogP contribution in [-0.4, -0.2) is 11.5 Å². The molecule has 0 spiro atoms. The van der Waals surface area contributed by atoms with Crippen LogP contribution in [0.4, 0.5) is 5.69 Å². The van der Waals surface area contributed by atoms with Crippen molar-refractivity contribution in [2.45, 2.75) is 19.8 Å². The zero-order chi connectivity index (χ0) is 11.0. The molecule has 0 unspecified atom stereocenters. The molecule has 0 saturated heterocycles. The number of benzene rings is 1. The van der Waals surface area contributed by atoms with Crippen molar-refractivity contribution in [2.75, 3.05) is 11.9 Å². The molecule has 0 amide bonds. The molecule has 0 atom stereocenters. The first-order valence-corrected chi connectivity index (χ1v) is 5.93. The predicted molar refractivity (Wildman–Crippen MR) is 67.7 cm³/mol. The average Bonchev–Trinajstić information content (AvgIpc) is 3.13. The molecular formula is C14H16N2. The van der Waals surface area contributed by atoms with Gasteiger partial charge in [-0.3, -0.25) is 4.98 Å². The minimum absolute atomic E-state index is 0.896. The van der Waals surface area contributed by atoms with Crippen LogP contribution < -0.4 is 5.32 Å². The average molecular weight is 212 g/mol. The van der Waals surface area contributed by atoms with Crippen LogP contribution in [-0.2, 0) is 0 Å². The number of hydrogen-bond acceptors (Lipinski definition) is 2. The normalized spacial score (nSPS) is 15.3. The van der Waals surface area contributed by atoms with Crippen LogP contribution in [0.3, 0.4) is 0 Å². The maximum atomic E-state index is 4.44. The molecule has 2 nitrogen and oxygen atoms in total. The third-order valence-electron chi connectivity index (χ3n) is 3.25. The van der Waals surface area contributed by atoms with Crippen LogP contribution in [0.2, 0.25) is 0 Å². The molecule has 82 valence electrons. The van der Waals surface area contributed by atoms with Crippen molar-refractivity contribution in [3.05, 3.63) is 36.0 Å². The van der Waals surface area contributed by atoms with Gasteiger partial charge in [0.1, 0.15) is 0 Å². The lowest BCUT2D eigenvalue weighted by Crippen LogP contribution is -2.03. The molecule has 1 saturated carbocycles. The van der Waals surface area contributed by atoms with Crippen molar-refractivity contribution in [1.82, 2.24) is 4.98 Å². The smallest absolute Gasteiger partial charge is 0.0751 e. The lowest BCUT2D eigenvalue weighted by Gasteiger charge is -2.10. The Morgan fingerprint density at radius 2 is 2.19 bits per heavy atom. The van der Waals surface area contributed by atoms with Gasteiger partial charge in [0.25, 0.3) is 0 Å². The Hall–Kier alpha value is -1.57. The molecule has 1 aliphatic carbocycles. The van der Waals surface area contributed by atoms with Gasteiger partial charge in [0.15, 0.2) is 0 Å². The Labute approximate surface area is 95.7 Å². The van der Waals surface area contributed by atoms with E-state index in [9.17, 15) is 0 Å². The summed E-state index contributed by atoms with van der Waals surface area (Å²) in [7, 11) is 0. The van der Waals surface area contributed by atoms with Gasteiger partial charge in [-0.15, -0.1) is 0 Å². The number of rotatable bonds is 3. The summed E-state index contributed by atoms with van der Waals surface area (Å²) >= 11 is 0. The van der Waals surface area contributed by atoms with E-state index in [2.05, 4.69) is 35.4 Å². The van der Waals surface area contributed by atoms with E-state index in [-0.39, 0.29) is 0 Å². The van der Waals surface area contributed by atoms with E-state index in [1.165, 1.54) is 29.5 Å². The SMILES string of the molecule is Cc1ccc(NCC2CC2)c2cccnc12. The monoisotopic (exact) mass is 212 g/mol. The molecule has 16 heavy (non-hydrogen) atoms. The molecular weight excluding hydrogens is 196 g/mol. The van der Waals surface area contributed by atoms with Crippen molar-refractivity contribution < 1.29 is 0 Å². The molecule has 2 heteroatoms. The second-order valence-corrected chi connectivity index (χ2v) is 4.65. The topological polar surface area (TPSA) is 24.9 Å². The zero-order valence-corrected chi connectivity index (χ0v) is 9.53. The van der Waals surface area contributed by atoms with Crippen molar-refractivity contribution >= 4 is 16.6 Å². The van der Waals surface area contributed by atoms with Gasteiger partial charge in [0, 0.05) is 23.8 Å². The Morgan fingerprint density at radius 3 is 3.00 bits per heavy atom. The Bertz CT molecular complexity index is 515. The minimum atomic E-state index is 0.896. The fourth-order valence-electron chi connectivity index (χ4n) is 2.04. The highest BCUT2D eigenvalue weighted by Gasteiger charge is 2.20. The molecule has 0 radical (unpaired) electrons. The zero-order valence-electron chi connectivity index (χ0n) is 9.53. The number of aromatic nitrogens is 1. The van der Waals surface area contributed by atoms with Crippen molar-refractivity contribution in [3.8, 4) is 0 Å². The van der Waals surface area contributed by atoms with E-state index < -0.39 is 0 Å². The molecule has 0 bridgehead atoms. The maximum Gasteiger partial charge on any atom is 0.0751 e. The van der Waals surface area contributed by atoms with Crippen LogP contribution >= 0.6 is 0 Å². The third kappa shape index (κ3) is 1.75. The maximum absolute atomic E-state index is 4.44. The number of nitrogens with one attached hydrogen (secondary N) is 1. The Kier molecular flexibility index (Phi) is 2.28. The van der Waals surface area contributed by atoms with Crippen LogP contribution in [0.25, 0.3) is 10.9 Å². The molecule has 0 aliphatic heterocycles. The second-order valence-electron chi connectivity index (χ2n) is 4.65. The number of nitrogens with zero attached hydrogens (tertiary/aromatic N) is 1. The summed E-state index contributed by atoms with van der Waals surface area (Å²) in [6.45, 7) is 3.22. The first-order chi connectivity index (χ1) is 7.84. The van der Waals surface area contributed by atoms with Gasteiger partial charge >= 0.3 is 0 Å². The summed E-state index contributed by atoms with van der Waals surface area (Å²) in [6, 6.07) is 8.46. The lowest BCUT2D eigenvalue weighted by atomic mass is 10.1. The molecule has 3 rings (SSSR count). The van der Waals surface area contributed by atoms with Gasteiger partial charge < -0.3 is 5.32 Å². The predicted octanol–water partition coefficient (Wildman–Crippen LogP) is 3.37.